The van der Waals surface area contributed by atoms with Crippen LogP contribution in [0.4, 0.5) is 0 Å². The molecule has 1 N–H and O–H groups in total. The number of hydrogen-bond donors (Lipinski definition) is 1. The van der Waals surface area contributed by atoms with Crippen molar-refractivity contribution in [1.29, 1.82) is 0 Å². The molecule has 0 aromatic heterocycles. The van der Waals surface area contributed by atoms with E-state index in [1.807, 2.05) is 0 Å². The number of morpholine rings is 1. The van der Waals surface area contributed by atoms with Gasteiger partial charge in [-0.15, -0.1) is 4.91 Å². The van der Waals surface area contributed by atoms with E-state index in [1.54, 1.807) is 0 Å². The zero-order chi connectivity index (χ0) is 9.84. The summed E-state index contributed by atoms with van der Waals surface area (Å²) in [6, 6.07) is 0. The quantitative estimate of drug-likeness (QED) is 0.453. The van der Waals surface area contributed by atoms with Crippen LogP contribution in [0.25, 0.3) is 0 Å². The van der Waals surface area contributed by atoms with Gasteiger partial charge in [-0.1, -0.05) is 0 Å². The SMILES string of the molecule is CC(=O)OC1COC(O)CN1N=O. The van der Waals surface area contributed by atoms with E-state index >= 15 is 0 Å². The van der Waals surface area contributed by atoms with E-state index in [-0.39, 0.29) is 13.2 Å². The van der Waals surface area contributed by atoms with Gasteiger partial charge in [0.05, 0.1) is 11.8 Å². The molecule has 1 fully saturated rings. The molecule has 74 valence electrons. The van der Waals surface area contributed by atoms with Gasteiger partial charge in [-0.2, -0.15) is 0 Å². The molecular weight excluding hydrogens is 180 g/mol. The highest BCUT2D eigenvalue weighted by atomic mass is 16.6. The molecule has 0 aliphatic carbocycles. The summed E-state index contributed by atoms with van der Waals surface area (Å²) in [5.41, 5.74) is 0. The minimum Gasteiger partial charge on any atom is -0.438 e. The molecule has 13 heavy (non-hydrogen) atoms. The molecule has 1 saturated heterocycles. The van der Waals surface area contributed by atoms with Gasteiger partial charge in [0.2, 0.25) is 6.23 Å². The number of carbonyl (C=O) groups is 1. The molecule has 0 aromatic rings. The Hall–Kier alpha value is -1.21. The van der Waals surface area contributed by atoms with Gasteiger partial charge in [-0.05, 0) is 0 Å². The van der Waals surface area contributed by atoms with Crippen LogP contribution in [0.3, 0.4) is 0 Å². The molecule has 0 aromatic carbocycles. The van der Waals surface area contributed by atoms with Crippen LogP contribution in [0.15, 0.2) is 5.29 Å². The van der Waals surface area contributed by atoms with E-state index in [0.717, 1.165) is 5.01 Å². The van der Waals surface area contributed by atoms with Crippen molar-refractivity contribution < 1.29 is 19.4 Å². The Bertz CT molecular complexity index is 209. The highest BCUT2D eigenvalue weighted by Gasteiger charge is 2.30. The largest absolute Gasteiger partial charge is 0.438 e. The first-order chi connectivity index (χ1) is 6.13. The lowest BCUT2D eigenvalue weighted by atomic mass is 10.4. The Labute approximate surface area is 74.2 Å². The number of aliphatic hydroxyl groups excluding tert-OH is 1. The number of nitrogens with zero attached hydrogens (tertiary/aromatic N) is 2. The molecule has 2 atom stereocenters. The van der Waals surface area contributed by atoms with Gasteiger partial charge < -0.3 is 14.6 Å². The highest BCUT2D eigenvalue weighted by molar-refractivity contribution is 5.66. The van der Waals surface area contributed by atoms with Gasteiger partial charge in [-0.25, -0.2) is 5.01 Å². The Morgan fingerprint density at radius 3 is 3.00 bits per heavy atom. The van der Waals surface area contributed by atoms with Gasteiger partial charge in [0.1, 0.15) is 6.61 Å². The molecule has 1 rings (SSSR count). The van der Waals surface area contributed by atoms with Crippen LogP contribution in [0.1, 0.15) is 6.92 Å². The van der Waals surface area contributed by atoms with Crippen LogP contribution in [0.5, 0.6) is 0 Å². The molecule has 1 aliphatic heterocycles. The number of aliphatic hydroxyl groups is 1. The normalized spacial score (nSPS) is 28.3. The van der Waals surface area contributed by atoms with Crippen molar-refractivity contribution in [3.63, 3.8) is 0 Å². The first-order valence-electron chi connectivity index (χ1n) is 3.70. The number of rotatable bonds is 2. The van der Waals surface area contributed by atoms with Crippen LogP contribution >= 0.6 is 0 Å². The van der Waals surface area contributed by atoms with Crippen molar-refractivity contribution in [3.8, 4) is 0 Å². The third-order valence-electron chi connectivity index (χ3n) is 1.51. The van der Waals surface area contributed by atoms with Gasteiger partial charge in [0.15, 0.2) is 6.29 Å². The Balaban J connectivity index is 2.52. The summed E-state index contributed by atoms with van der Waals surface area (Å²) >= 11 is 0. The third kappa shape index (κ3) is 2.63. The first-order valence-corrected chi connectivity index (χ1v) is 3.70. The maximum absolute atomic E-state index is 10.5. The standard InChI is InChI=1S/C6H10N2O5/c1-4(9)13-5-3-12-6(10)2-8(5)7-11/h5-6,10H,2-3H2,1H3. The van der Waals surface area contributed by atoms with Crippen LogP contribution < -0.4 is 0 Å². The highest BCUT2D eigenvalue weighted by Crippen LogP contribution is 2.11. The zero-order valence-corrected chi connectivity index (χ0v) is 7.04. The summed E-state index contributed by atoms with van der Waals surface area (Å²) in [6.45, 7) is 1.06. The van der Waals surface area contributed by atoms with E-state index < -0.39 is 18.5 Å². The lowest BCUT2D eigenvalue weighted by Crippen LogP contribution is -2.48. The molecule has 7 nitrogen and oxygen atoms in total. The van der Waals surface area contributed by atoms with Crippen LogP contribution in [-0.2, 0) is 14.3 Å². The average molecular weight is 190 g/mol. The summed E-state index contributed by atoms with van der Waals surface area (Å²) in [5, 5.41) is 12.5. The predicted molar refractivity (Wildman–Crippen MR) is 40.0 cm³/mol. The summed E-state index contributed by atoms with van der Waals surface area (Å²) in [7, 11) is 0. The number of esters is 1. The maximum Gasteiger partial charge on any atom is 0.304 e. The molecule has 1 aliphatic rings. The number of nitroso groups, excluding NO2 is 1. The van der Waals surface area contributed by atoms with Crippen molar-refractivity contribution in [3.05, 3.63) is 4.91 Å². The lowest BCUT2D eigenvalue weighted by molar-refractivity contribution is -0.221. The van der Waals surface area contributed by atoms with E-state index in [4.69, 9.17) is 14.6 Å². The summed E-state index contributed by atoms with van der Waals surface area (Å²) < 4.78 is 9.46. The molecule has 7 heteroatoms. The molecule has 1 heterocycles. The van der Waals surface area contributed by atoms with Crippen molar-refractivity contribution >= 4 is 5.97 Å². The Morgan fingerprint density at radius 1 is 1.77 bits per heavy atom. The van der Waals surface area contributed by atoms with E-state index in [1.165, 1.54) is 6.92 Å². The molecule has 0 bridgehead atoms. The molecule has 2 unspecified atom stereocenters. The molecule has 0 saturated carbocycles. The number of hydrogen-bond acceptors (Lipinski definition) is 6. The molecule has 0 radical (unpaired) electrons. The van der Waals surface area contributed by atoms with Crippen LogP contribution in [-0.4, -0.2) is 41.8 Å². The molecule has 0 spiro atoms. The second-order valence-corrected chi connectivity index (χ2v) is 2.56. The number of β-amino-alcohol motifs (C(OH)–C–C–N with tert-alkyl or cyclic N) is 1. The summed E-state index contributed by atoms with van der Waals surface area (Å²) in [5.74, 6) is -0.529. The van der Waals surface area contributed by atoms with Crippen molar-refractivity contribution in [2.24, 2.45) is 5.29 Å². The topological polar surface area (TPSA) is 88.4 Å². The van der Waals surface area contributed by atoms with Gasteiger partial charge >= 0.3 is 5.97 Å². The van der Waals surface area contributed by atoms with Crippen LogP contribution in [0.2, 0.25) is 0 Å². The smallest absolute Gasteiger partial charge is 0.304 e. The monoisotopic (exact) mass is 190 g/mol. The van der Waals surface area contributed by atoms with Gasteiger partial charge in [0.25, 0.3) is 0 Å². The van der Waals surface area contributed by atoms with E-state index in [0.29, 0.717) is 0 Å². The average Bonchev–Trinajstić information content (AvgIpc) is 2.07. The minimum absolute atomic E-state index is 0.0630. The third-order valence-corrected chi connectivity index (χ3v) is 1.51. The molecule has 0 amide bonds. The number of carbonyl (C=O) groups excluding carboxylic acids is 1. The first kappa shape index (κ1) is 9.87. The second-order valence-electron chi connectivity index (χ2n) is 2.56. The Kier molecular flexibility index (Phi) is 3.15. The summed E-state index contributed by atoms with van der Waals surface area (Å²) in [4.78, 5) is 20.8. The van der Waals surface area contributed by atoms with Crippen molar-refractivity contribution in [2.45, 2.75) is 19.4 Å². The molecular formula is C6H10N2O5. The van der Waals surface area contributed by atoms with E-state index in [9.17, 15) is 9.70 Å². The fourth-order valence-corrected chi connectivity index (χ4v) is 0.982. The fraction of sp³-hybridized carbons (Fsp3) is 0.833. The lowest BCUT2D eigenvalue weighted by Gasteiger charge is -2.32. The summed E-state index contributed by atoms with van der Waals surface area (Å²) in [6.07, 6.45) is -1.90. The van der Waals surface area contributed by atoms with Gasteiger partial charge in [0, 0.05) is 6.92 Å². The van der Waals surface area contributed by atoms with Crippen molar-refractivity contribution in [1.82, 2.24) is 5.01 Å². The predicted octanol–water partition coefficient (Wildman–Crippen LogP) is -0.792. The Morgan fingerprint density at radius 2 is 2.46 bits per heavy atom. The number of ether oxygens (including phenoxy) is 2. The maximum atomic E-state index is 10.5. The zero-order valence-electron chi connectivity index (χ0n) is 7.04. The van der Waals surface area contributed by atoms with E-state index in [2.05, 4.69) is 5.29 Å². The van der Waals surface area contributed by atoms with Crippen LogP contribution in [0, 0.1) is 4.91 Å². The second kappa shape index (κ2) is 4.15. The van der Waals surface area contributed by atoms with Crippen molar-refractivity contribution in [2.75, 3.05) is 13.2 Å². The van der Waals surface area contributed by atoms with Gasteiger partial charge in [-0.3, -0.25) is 4.79 Å². The minimum atomic E-state index is -1.07. The fourth-order valence-electron chi connectivity index (χ4n) is 0.982.